The molecule has 1 heterocycles. The Balaban J connectivity index is 1.74. The predicted molar refractivity (Wildman–Crippen MR) is 98.9 cm³/mol. The van der Waals surface area contributed by atoms with Crippen LogP contribution in [0, 0.1) is 0 Å². The molecule has 2 aromatic rings. The van der Waals surface area contributed by atoms with E-state index in [4.69, 9.17) is 0 Å². The number of likely N-dealkylation sites (N-methyl/N-ethyl adjacent to an activating group) is 1. The van der Waals surface area contributed by atoms with Gasteiger partial charge in [-0.05, 0) is 36.4 Å². The summed E-state index contributed by atoms with van der Waals surface area (Å²) in [5, 5.41) is 0. The molecule has 1 aliphatic heterocycles. The lowest BCUT2D eigenvalue weighted by atomic mass is 10.0. The zero-order valence-electron chi connectivity index (χ0n) is 15.0. The maximum absolute atomic E-state index is 12.7. The standard InChI is InChI=1S/C21H21F3N2O/c1-25-13-14-26(19(15-25)17-5-3-2-4-6-17)20(27)12-9-16-7-10-18(11-8-16)21(22,23)24/h2-12,19H,13-15H2,1H3/b12-9+/t19-/m0/s1. The van der Waals surface area contributed by atoms with Crippen LogP contribution < -0.4 is 0 Å². The molecule has 0 unspecified atom stereocenters. The molecule has 3 rings (SSSR count). The number of piperazine rings is 1. The van der Waals surface area contributed by atoms with E-state index in [2.05, 4.69) is 4.90 Å². The van der Waals surface area contributed by atoms with Crippen molar-refractivity contribution in [2.75, 3.05) is 26.7 Å². The second kappa shape index (κ2) is 7.96. The number of halogens is 3. The van der Waals surface area contributed by atoms with Crippen molar-refractivity contribution in [3.63, 3.8) is 0 Å². The van der Waals surface area contributed by atoms with Gasteiger partial charge in [-0.1, -0.05) is 42.5 Å². The summed E-state index contributed by atoms with van der Waals surface area (Å²) in [4.78, 5) is 16.7. The maximum Gasteiger partial charge on any atom is 0.416 e. The average Bonchev–Trinajstić information content (AvgIpc) is 2.66. The highest BCUT2D eigenvalue weighted by atomic mass is 19.4. The number of nitrogens with zero attached hydrogens (tertiary/aromatic N) is 2. The minimum atomic E-state index is -4.36. The monoisotopic (exact) mass is 374 g/mol. The highest BCUT2D eigenvalue weighted by Gasteiger charge is 2.30. The molecule has 0 radical (unpaired) electrons. The Kier molecular flexibility index (Phi) is 5.65. The first-order chi connectivity index (χ1) is 12.8. The fraction of sp³-hybridized carbons (Fsp3) is 0.286. The van der Waals surface area contributed by atoms with Crippen molar-refractivity contribution >= 4 is 12.0 Å². The van der Waals surface area contributed by atoms with Crippen LogP contribution in [0.25, 0.3) is 6.08 Å². The molecule has 1 fully saturated rings. The van der Waals surface area contributed by atoms with E-state index in [1.165, 1.54) is 18.2 Å². The van der Waals surface area contributed by atoms with E-state index < -0.39 is 11.7 Å². The molecule has 6 heteroatoms. The molecule has 0 saturated carbocycles. The van der Waals surface area contributed by atoms with Crippen LogP contribution in [0.4, 0.5) is 13.2 Å². The number of hydrogen-bond donors (Lipinski definition) is 0. The topological polar surface area (TPSA) is 23.6 Å². The number of benzene rings is 2. The number of carbonyl (C=O) groups is 1. The van der Waals surface area contributed by atoms with Crippen LogP contribution in [0.1, 0.15) is 22.7 Å². The molecule has 3 nitrogen and oxygen atoms in total. The third-order valence-corrected chi connectivity index (χ3v) is 4.71. The second-order valence-electron chi connectivity index (χ2n) is 6.67. The van der Waals surface area contributed by atoms with Gasteiger partial charge in [0.25, 0.3) is 0 Å². The Bertz CT molecular complexity index is 800. The highest BCUT2D eigenvalue weighted by molar-refractivity contribution is 5.92. The fourth-order valence-electron chi connectivity index (χ4n) is 3.19. The third-order valence-electron chi connectivity index (χ3n) is 4.71. The minimum Gasteiger partial charge on any atom is -0.330 e. The molecule has 0 bridgehead atoms. The van der Waals surface area contributed by atoms with Crippen molar-refractivity contribution < 1.29 is 18.0 Å². The first kappa shape index (κ1) is 19.2. The Morgan fingerprint density at radius 1 is 1.04 bits per heavy atom. The van der Waals surface area contributed by atoms with Crippen molar-refractivity contribution in [1.82, 2.24) is 9.80 Å². The Hall–Kier alpha value is -2.60. The van der Waals surface area contributed by atoms with Crippen molar-refractivity contribution in [2.45, 2.75) is 12.2 Å². The minimum absolute atomic E-state index is 0.0466. The van der Waals surface area contributed by atoms with Crippen LogP contribution in [-0.4, -0.2) is 42.4 Å². The molecule has 27 heavy (non-hydrogen) atoms. The Morgan fingerprint density at radius 3 is 2.33 bits per heavy atom. The number of carbonyl (C=O) groups excluding carboxylic acids is 1. The molecule has 1 aliphatic rings. The number of hydrogen-bond acceptors (Lipinski definition) is 2. The molecular formula is C21H21F3N2O. The van der Waals surface area contributed by atoms with Crippen molar-refractivity contribution in [3.05, 3.63) is 77.4 Å². The Labute approximate surface area is 156 Å². The summed E-state index contributed by atoms with van der Waals surface area (Å²) in [5.74, 6) is -0.142. The fourth-order valence-corrected chi connectivity index (χ4v) is 3.19. The average molecular weight is 374 g/mol. The van der Waals surface area contributed by atoms with Gasteiger partial charge in [-0.2, -0.15) is 13.2 Å². The highest BCUT2D eigenvalue weighted by Crippen LogP contribution is 2.29. The van der Waals surface area contributed by atoms with Gasteiger partial charge in [0.1, 0.15) is 0 Å². The second-order valence-corrected chi connectivity index (χ2v) is 6.67. The Morgan fingerprint density at radius 2 is 1.70 bits per heavy atom. The van der Waals surface area contributed by atoms with Crippen LogP contribution in [0.5, 0.6) is 0 Å². The van der Waals surface area contributed by atoms with Crippen LogP contribution >= 0.6 is 0 Å². The summed E-state index contributed by atoms with van der Waals surface area (Å²) in [6.45, 7) is 2.12. The summed E-state index contributed by atoms with van der Waals surface area (Å²) in [7, 11) is 2.02. The smallest absolute Gasteiger partial charge is 0.330 e. The summed E-state index contributed by atoms with van der Waals surface area (Å²) in [6, 6.07) is 14.6. The summed E-state index contributed by atoms with van der Waals surface area (Å²) in [6.07, 6.45) is -1.37. The van der Waals surface area contributed by atoms with Crippen LogP contribution in [-0.2, 0) is 11.0 Å². The van der Waals surface area contributed by atoms with Gasteiger partial charge in [0.2, 0.25) is 5.91 Å². The van der Waals surface area contributed by atoms with E-state index in [9.17, 15) is 18.0 Å². The molecular weight excluding hydrogens is 353 g/mol. The first-order valence-electron chi connectivity index (χ1n) is 8.74. The van der Waals surface area contributed by atoms with Crippen LogP contribution in [0.2, 0.25) is 0 Å². The van der Waals surface area contributed by atoms with Gasteiger partial charge in [0, 0.05) is 25.7 Å². The van der Waals surface area contributed by atoms with Gasteiger partial charge in [-0.15, -0.1) is 0 Å². The van der Waals surface area contributed by atoms with Crippen molar-refractivity contribution in [1.29, 1.82) is 0 Å². The molecule has 2 aromatic carbocycles. The van der Waals surface area contributed by atoms with Gasteiger partial charge < -0.3 is 9.80 Å². The van der Waals surface area contributed by atoms with E-state index in [1.54, 1.807) is 6.08 Å². The SMILES string of the molecule is CN1CCN(C(=O)/C=C/c2ccc(C(F)(F)F)cc2)[C@H](c2ccccc2)C1. The molecule has 1 saturated heterocycles. The van der Waals surface area contributed by atoms with Gasteiger partial charge in [-0.25, -0.2) is 0 Å². The molecule has 142 valence electrons. The molecule has 1 atom stereocenters. The molecule has 0 spiro atoms. The first-order valence-corrected chi connectivity index (χ1v) is 8.74. The predicted octanol–water partition coefficient (Wildman–Crippen LogP) is 4.23. The lowest BCUT2D eigenvalue weighted by Crippen LogP contribution is -2.48. The quantitative estimate of drug-likeness (QED) is 0.751. The zero-order chi connectivity index (χ0) is 19.4. The molecule has 0 aromatic heterocycles. The van der Waals surface area contributed by atoms with Crippen LogP contribution in [0.3, 0.4) is 0 Å². The van der Waals surface area contributed by atoms with Crippen molar-refractivity contribution in [2.24, 2.45) is 0 Å². The van der Waals surface area contributed by atoms with Crippen LogP contribution in [0.15, 0.2) is 60.7 Å². The zero-order valence-corrected chi connectivity index (χ0v) is 15.0. The number of rotatable bonds is 3. The third kappa shape index (κ3) is 4.77. The van der Waals surface area contributed by atoms with Crippen molar-refractivity contribution in [3.8, 4) is 0 Å². The molecule has 0 aliphatic carbocycles. The van der Waals surface area contributed by atoms with E-state index in [1.807, 2.05) is 42.3 Å². The summed E-state index contributed by atoms with van der Waals surface area (Å²) >= 11 is 0. The normalized spacial score (nSPS) is 18.8. The molecule has 1 amide bonds. The van der Waals surface area contributed by atoms with Gasteiger partial charge >= 0.3 is 6.18 Å². The van der Waals surface area contributed by atoms with E-state index >= 15 is 0 Å². The van der Waals surface area contributed by atoms with E-state index in [0.717, 1.165) is 30.8 Å². The summed E-state index contributed by atoms with van der Waals surface area (Å²) < 4.78 is 37.9. The summed E-state index contributed by atoms with van der Waals surface area (Å²) in [5.41, 5.74) is 0.927. The lowest BCUT2D eigenvalue weighted by Gasteiger charge is -2.40. The maximum atomic E-state index is 12.7. The lowest BCUT2D eigenvalue weighted by molar-refractivity contribution is -0.137. The number of alkyl halides is 3. The number of amides is 1. The van der Waals surface area contributed by atoms with E-state index in [-0.39, 0.29) is 11.9 Å². The molecule has 0 N–H and O–H groups in total. The van der Waals surface area contributed by atoms with Gasteiger partial charge in [0.15, 0.2) is 0 Å². The van der Waals surface area contributed by atoms with Gasteiger partial charge in [-0.3, -0.25) is 4.79 Å². The van der Waals surface area contributed by atoms with Gasteiger partial charge in [0.05, 0.1) is 11.6 Å². The largest absolute Gasteiger partial charge is 0.416 e. The van der Waals surface area contributed by atoms with E-state index in [0.29, 0.717) is 12.1 Å².